The molecule has 1 fully saturated rings. The molecule has 4 heteroatoms. The fourth-order valence-electron chi connectivity index (χ4n) is 2.65. The van der Waals surface area contributed by atoms with Crippen LogP contribution in [0.2, 0.25) is 0 Å². The van der Waals surface area contributed by atoms with Gasteiger partial charge in [0.25, 0.3) is 0 Å². The molecule has 1 saturated heterocycles. The third kappa shape index (κ3) is 2.59. The largest absolute Gasteiger partial charge is 0.342 e. The number of nitrogens with one attached hydrogen (secondary N) is 2. The summed E-state index contributed by atoms with van der Waals surface area (Å²) >= 11 is 3.54. The first kappa shape index (κ1) is 12.2. The Morgan fingerprint density at radius 3 is 3.06 bits per heavy atom. The minimum atomic E-state index is 0.676. The molecule has 0 radical (unpaired) electrons. The summed E-state index contributed by atoms with van der Waals surface area (Å²) in [4.78, 5) is 8.07. The van der Waals surface area contributed by atoms with Gasteiger partial charge in [0, 0.05) is 16.9 Å². The van der Waals surface area contributed by atoms with Crippen LogP contribution in [0, 0.1) is 0 Å². The average molecular weight is 308 g/mol. The Balaban J connectivity index is 1.69. The summed E-state index contributed by atoms with van der Waals surface area (Å²) in [5.41, 5.74) is 2.17. The standard InChI is InChI=1S/C14H18BrN3/c15-11-5-3-6-12-14(11)18-13(17-12)8-7-10-4-1-2-9-16-10/h3,5-6,10,16H,1-2,4,7-9H2,(H,17,18). The molecule has 96 valence electrons. The molecule has 2 aromatic rings. The van der Waals surface area contributed by atoms with E-state index in [9.17, 15) is 0 Å². The number of hydrogen-bond donors (Lipinski definition) is 2. The number of piperidine rings is 1. The van der Waals surface area contributed by atoms with E-state index in [1.54, 1.807) is 0 Å². The van der Waals surface area contributed by atoms with Gasteiger partial charge in [-0.05, 0) is 53.9 Å². The fraction of sp³-hybridized carbons (Fsp3) is 0.500. The van der Waals surface area contributed by atoms with Crippen molar-refractivity contribution in [1.29, 1.82) is 0 Å². The molecule has 1 aliphatic rings. The number of rotatable bonds is 3. The number of aromatic nitrogens is 2. The van der Waals surface area contributed by atoms with E-state index >= 15 is 0 Å². The van der Waals surface area contributed by atoms with E-state index in [1.807, 2.05) is 12.1 Å². The van der Waals surface area contributed by atoms with Gasteiger partial charge in [-0.1, -0.05) is 12.5 Å². The summed E-state index contributed by atoms with van der Waals surface area (Å²) in [6, 6.07) is 6.83. The van der Waals surface area contributed by atoms with Gasteiger partial charge in [0.1, 0.15) is 11.3 Å². The Morgan fingerprint density at radius 2 is 2.28 bits per heavy atom. The van der Waals surface area contributed by atoms with Crippen molar-refractivity contribution in [3.05, 3.63) is 28.5 Å². The van der Waals surface area contributed by atoms with Crippen LogP contribution in [0.5, 0.6) is 0 Å². The molecule has 0 aliphatic carbocycles. The van der Waals surface area contributed by atoms with E-state index < -0.39 is 0 Å². The first-order valence-corrected chi connectivity index (χ1v) is 7.49. The van der Waals surface area contributed by atoms with Gasteiger partial charge in [0.2, 0.25) is 0 Å². The zero-order chi connectivity index (χ0) is 12.4. The van der Waals surface area contributed by atoms with Crippen LogP contribution in [0.4, 0.5) is 0 Å². The predicted octanol–water partition coefficient (Wildman–Crippen LogP) is 3.40. The quantitative estimate of drug-likeness (QED) is 0.912. The minimum absolute atomic E-state index is 0.676. The summed E-state index contributed by atoms with van der Waals surface area (Å²) < 4.78 is 1.07. The smallest absolute Gasteiger partial charge is 0.107 e. The maximum absolute atomic E-state index is 4.67. The topological polar surface area (TPSA) is 40.7 Å². The van der Waals surface area contributed by atoms with E-state index in [0.29, 0.717) is 6.04 Å². The highest BCUT2D eigenvalue weighted by Crippen LogP contribution is 2.22. The van der Waals surface area contributed by atoms with Gasteiger partial charge >= 0.3 is 0 Å². The van der Waals surface area contributed by atoms with Crippen LogP contribution < -0.4 is 5.32 Å². The number of imidazole rings is 1. The SMILES string of the molecule is Brc1cccc2[nH]c(CCC3CCCCN3)nc12. The molecule has 3 nitrogen and oxygen atoms in total. The number of hydrogen-bond acceptors (Lipinski definition) is 2. The third-order valence-corrected chi connectivity index (χ3v) is 4.29. The molecule has 0 spiro atoms. The molecule has 0 saturated carbocycles. The van der Waals surface area contributed by atoms with Gasteiger partial charge in [-0.15, -0.1) is 0 Å². The third-order valence-electron chi connectivity index (χ3n) is 3.65. The van der Waals surface area contributed by atoms with Gasteiger partial charge < -0.3 is 10.3 Å². The zero-order valence-electron chi connectivity index (χ0n) is 10.4. The lowest BCUT2D eigenvalue weighted by atomic mass is 10.0. The first-order valence-electron chi connectivity index (χ1n) is 6.69. The van der Waals surface area contributed by atoms with E-state index in [0.717, 1.165) is 27.8 Å². The molecule has 2 N–H and O–H groups in total. The van der Waals surface area contributed by atoms with Gasteiger partial charge in [-0.3, -0.25) is 0 Å². The molecule has 0 amide bonds. The lowest BCUT2D eigenvalue weighted by molar-refractivity contribution is 0.381. The molecule has 3 rings (SSSR count). The first-order chi connectivity index (χ1) is 8.83. The van der Waals surface area contributed by atoms with E-state index in [4.69, 9.17) is 0 Å². The Kier molecular flexibility index (Phi) is 3.66. The molecular weight excluding hydrogens is 290 g/mol. The van der Waals surface area contributed by atoms with Crippen molar-refractivity contribution in [1.82, 2.24) is 15.3 Å². The Labute approximate surface area is 116 Å². The molecule has 18 heavy (non-hydrogen) atoms. The number of halogens is 1. The van der Waals surface area contributed by atoms with Gasteiger partial charge in [0.15, 0.2) is 0 Å². The van der Waals surface area contributed by atoms with Crippen molar-refractivity contribution < 1.29 is 0 Å². The number of aryl methyl sites for hydroxylation is 1. The number of nitrogens with zero attached hydrogens (tertiary/aromatic N) is 1. The van der Waals surface area contributed by atoms with Crippen LogP contribution in [-0.2, 0) is 6.42 Å². The number of H-pyrrole nitrogens is 1. The zero-order valence-corrected chi connectivity index (χ0v) is 12.0. The van der Waals surface area contributed by atoms with Crippen LogP contribution in [0.25, 0.3) is 11.0 Å². The molecular formula is C14H18BrN3. The summed E-state index contributed by atoms with van der Waals surface area (Å²) in [7, 11) is 0. The normalized spacial score (nSPS) is 20.4. The second-order valence-electron chi connectivity index (χ2n) is 5.01. The molecule has 1 unspecified atom stereocenters. The molecule has 2 heterocycles. The summed E-state index contributed by atoms with van der Waals surface area (Å²) in [6.07, 6.45) is 6.21. The lowest BCUT2D eigenvalue weighted by Crippen LogP contribution is -2.34. The van der Waals surface area contributed by atoms with Gasteiger partial charge in [-0.25, -0.2) is 4.98 Å². The molecule has 1 aromatic heterocycles. The summed E-state index contributed by atoms with van der Waals surface area (Å²) in [5.74, 6) is 1.10. The highest BCUT2D eigenvalue weighted by Gasteiger charge is 2.13. The Morgan fingerprint density at radius 1 is 1.33 bits per heavy atom. The van der Waals surface area contributed by atoms with Crippen LogP contribution in [0.1, 0.15) is 31.5 Å². The Bertz CT molecular complexity index is 529. The van der Waals surface area contributed by atoms with E-state index in [2.05, 4.69) is 37.3 Å². The van der Waals surface area contributed by atoms with Crippen molar-refractivity contribution in [2.45, 2.75) is 38.1 Å². The predicted molar refractivity (Wildman–Crippen MR) is 77.8 cm³/mol. The highest BCUT2D eigenvalue weighted by atomic mass is 79.9. The Hall–Kier alpha value is -0.870. The highest BCUT2D eigenvalue weighted by molar-refractivity contribution is 9.10. The van der Waals surface area contributed by atoms with Gasteiger partial charge in [0.05, 0.1) is 5.52 Å². The molecule has 1 aromatic carbocycles. The maximum Gasteiger partial charge on any atom is 0.107 e. The average Bonchev–Trinajstić information content (AvgIpc) is 2.82. The van der Waals surface area contributed by atoms with Crippen molar-refractivity contribution in [2.24, 2.45) is 0 Å². The van der Waals surface area contributed by atoms with Crippen LogP contribution in [0.3, 0.4) is 0 Å². The van der Waals surface area contributed by atoms with Crippen LogP contribution in [-0.4, -0.2) is 22.6 Å². The monoisotopic (exact) mass is 307 g/mol. The number of aromatic amines is 1. The second-order valence-corrected chi connectivity index (χ2v) is 5.86. The van der Waals surface area contributed by atoms with Gasteiger partial charge in [-0.2, -0.15) is 0 Å². The minimum Gasteiger partial charge on any atom is -0.342 e. The van der Waals surface area contributed by atoms with Crippen molar-refractivity contribution >= 4 is 27.0 Å². The number of fused-ring (bicyclic) bond motifs is 1. The number of para-hydroxylation sites is 1. The van der Waals surface area contributed by atoms with E-state index in [-0.39, 0.29) is 0 Å². The fourth-order valence-corrected chi connectivity index (χ4v) is 3.10. The van der Waals surface area contributed by atoms with Crippen LogP contribution >= 0.6 is 15.9 Å². The van der Waals surface area contributed by atoms with Crippen molar-refractivity contribution in [2.75, 3.05) is 6.54 Å². The molecule has 1 atom stereocenters. The molecule has 1 aliphatic heterocycles. The lowest BCUT2D eigenvalue weighted by Gasteiger charge is -2.22. The maximum atomic E-state index is 4.67. The molecule has 0 bridgehead atoms. The number of benzene rings is 1. The second kappa shape index (κ2) is 5.41. The van der Waals surface area contributed by atoms with Crippen molar-refractivity contribution in [3.8, 4) is 0 Å². The summed E-state index contributed by atoms with van der Waals surface area (Å²) in [5, 5.41) is 3.58. The summed E-state index contributed by atoms with van der Waals surface area (Å²) in [6.45, 7) is 1.18. The van der Waals surface area contributed by atoms with Crippen molar-refractivity contribution in [3.63, 3.8) is 0 Å². The van der Waals surface area contributed by atoms with Crippen LogP contribution in [0.15, 0.2) is 22.7 Å². The van der Waals surface area contributed by atoms with E-state index in [1.165, 1.54) is 32.2 Å².